The number of ether oxygens (including phenoxy) is 2. The van der Waals surface area contributed by atoms with Crippen LogP contribution in [0, 0.1) is 11.3 Å². The van der Waals surface area contributed by atoms with E-state index in [0.717, 1.165) is 0 Å². The maximum absolute atomic E-state index is 11.8. The predicted octanol–water partition coefficient (Wildman–Crippen LogP) is 2.18. The molecule has 5 nitrogen and oxygen atoms in total. The van der Waals surface area contributed by atoms with Gasteiger partial charge in [-0.05, 0) is 12.1 Å². The third-order valence-corrected chi connectivity index (χ3v) is 2.35. The fraction of sp³-hybridized carbons (Fsp3) is 0.385. The SMILES string of the molecule is COc1cccc(C#N)c1NC(=O)CCOCC(F)F. The molecule has 0 saturated carbocycles. The van der Waals surface area contributed by atoms with E-state index < -0.39 is 18.9 Å². The summed E-state index contributed by atoms with van der Waals surface area (Å²) >= 11 is 0. The number of halogens is 2. The molecule has 7 heteroatoms. The van der Waals surface area contributed by atoms with Crippen LogP contribution in [0.3, 0.4) is 0 Å². The predicted molar refractivity (Wildman–Crippen MR) is 67.8 cm³/mol. The number of alkyl halides is 2. The highest BCUT2D eigenvalue weighted by molar-refractivity contribution is 5.94. The van der Waals surface area contributed by atoms with Gasteiger partial charge in [-0.2, -0.15) is 5.26 Å². The summed E-state index contributed by atoms with van der Waals surface area (Å²) < 4.78 is 33.3. The normalized spacial score (nSPS) is 10.2. The summed E-state index contributed by atoms with van der Waals surface area (Å²) in [6.45, 7) is -0.821. The number of benzene rings is 1. The molecular weight excluding hydrogens is 270 g/mol. The third-order valence-electron chi connectivity index (χ3n) is 2.35. The lowest BCUT2D eigenvalue weighted by molar-refractivity contribution is -0.117. The molecule has 0 bridgehead atoms. The molecule has 0 radical (unpaired) electrons. The van der Waals surface area contributed by atoms with Crippen molar-refractivity contribution in [2.24, 2.45) is 0 Å². The summed E-state index contributed by atoms with van der Waals surface area (Å²) in [6, 6.07) is 6.69. The van der Waals surface area contributed by atoms with Crippen LogP contribution in [0.25, 0.3) is 0 Å². The van der Waals surface area contributed by atoms with Gasteiger partial charge < -0.3 is 14.8 Å². The zero-order valence-electron chi connectivity index (χ0n) is 10.9. The minimum Gasteiger partial charge on any atom is -0.495 e. The number of para-hydroxylation sites is 1. The van der Waals surface area contributed by atoms with Crippen LogP contribution < -0.4 is 10.1 Å². The molecule has 1 amide bonds. The van der Waals surface area contributed by atoms with Crippen molar-refractivity contribution in [3.8, 4) is 11.8 Å². The van der Waals surface area contributed by atoms with Crippen LogP contribution in [0.2, 0.25) is 0 Å². The van der Waals surface area contributed by atoms with Crippen LogP contribution >= 0.6 is 0 Å². The van der Waals surface area contributed by atoms with Gasteiger partial charge in [-0.1, -0.05) is 6.07 Å². The average molecular weight is 284 g/mol. The summed E-state index contributed by atoms with van der Waals surface area (Å²) in [5.74, 6) is -0.0915. The Balaban J connectivity index is 2.60. The number of carbonyl (C=O) groups is 1. The first-order valence-corrected chi connectivity index (χ1v) is 5.81. The van der Waals surface area contributed by atoms with Crippen molar-refractivity contribution in [3.05, 3.63) is 23.8 Å². The number of anilines is 1. The number of methoxy groups -OCH3 is 1. The summed E-state index contributed by atoms with van der Waals surface area (Å²) in [5.41, 5.74) is 0.516. The van der Waals surface area contributed by atoms with E-state index >= 15 is 0 Å². The standard InChI is InChI=1S/C13H14F2N2O3/c1-19-10-4-2-3-9(7-16)13(10)17-12(18)5-6-20-8-11(14)15/h2-4,11H,5-6,8H2,1H3,(H,17,18). The first kappa shape index (κ1) is 15.9. The number of amides is 1. The maximum atomic E-state index is 11.8. The van der Waals surface area contributed by atoms with Crippen LogP contribution in [0.1, 0.15) is 12.0 Å². The lowest BCUT2D eigenvalue weighted by Gasteiger charge is -2.11. The van der Waals surface area contributed by atoms with E-state index in [9.17, 15) is 13.6 Å². The second kappa shape index (κ2) is 8.07. The van der Waals surface area contributed by atoms with E-state index in [1.165, 1.54) is 13.2 Å². The summed E-state index contributed by atoms with van der Waals surface area (Å²) in [5, 5.41) is 11.5. The van der Waals surface area contributed by atoms with Gasteiger partial charge in [0.05, 0.1) is 25.7 Å². The van der Waals surface area contributed by atoms with Crippen molar-refractivity contribution in [2.75, 3.05) is 25.6 Å². The first-order valence-electron chi connectivity index (χ1n) is 5.81. The molecule has 1 aromatic rings. The van der Waals surface area contributed by atoms with Gasteiger partial charge in [-0.25, -0.2) is 8.78 Å². The van der Waals surface area contributed by atoms with Crippen LogP contribution in [-0.4, -0.2) is 32.7 Å². The molecule has 20 heavy (non-hydrogen) atoms. The number of hydrogen-bond acceptors (Lipinski definition) is 4. The number of hydrogen-bond donors (Lipinski definition) is 1. The highest BCUT2D eigenvalue weighted by Crippen LogP contribution is 2.27. The molecule has 0 heterocycles. The fourth-order valence-electron chi connectivity index (χ4n) is 1.46. The van der Waals surface area contributed by atoms with Crippen molar-refractivity contribution in [3.63, 3.8) is 0 Å². The van der Waals surface area contributed by atoms with Gasteiger partial charge in [0, 0.05) is 0 Å². The van der Waals surface area contributed by atoms with Crippen molar-refractivity contribution < 1.29 is 23.0 Å². The number of rotatable bonds is 7. The van der Waals surface area contributed by atoms with E-state index in [1.807, 2.05) is 6.07 Å². The lowest BCUT2D eigenvalue weighted by atomic mass is 10.1. The molecule has 0 aliphatic carbocycles. The number of nitriles is 1. The quantitative estimate of drug-likeness (QED) is 0.779. The molecule has 0 aromatic heterocycles. The molecule has 0 aliphatic heterocycles. The van der Waals surface area contributed by atoms with Crippen molar-refractivity contribution >= 4 is 11.6 Å². The smallest absolute Gasteiger partial charge is 0.261 e. The van der Waals surface area contributed by atoms with E-state index in [1.54, 1.807) is 12.1 Å². The number of nitrogens with zero attached hydrogens (tertiary/aromatic N) is 1. The lowest BCUT2D eigenvalue weighted by Crippen LogP contribution is -2.16. The molecule has 0 atom stereocenters. The Hall–Kier alpha value is -2.20. The topological polar surface area (TPSA) is 71.3 Å². The Morgan fingerprint density at radius 1 is 1.50 bits per heavy atom. The number of carbonyl (C=O) groups excluding carboxylic acids is 1. The Labute approximate surface area is 115 Å². The van der Waals surface area contributed by atoms with E-state index in [0.29, 0.717) is 5.75 Å². The van der Waals surface area contributed by atoms with E-state index in [-0.39, 0.29) is 24.3 Å². The Bertz CT molecular complexity index is 501. The van der Waals surface area contributed by atoms with Crippen LogP contribution in [0.5, 0.6) is 5.75 Å². The molecule has 0 saturated heterocycles. The van der Waals surface area contributed by atoms with E-state index in [4.69, 9.17) is 10.00 Å². The second-order valence-corrected chi connectivity index (χ2v) is 3.76. The van der Waals surface area contributed by atoms with Gasteiger partial charge in [0.25, 0.3) is 6.43 Å². The van der Waals surface area contributed by atoms with Crippen LogP contribution in [0.4, 0.5) is 14.5 Å². The van der Waals surface area contributed by atoms with Crippen molar-refractivity contribution in [1.82, 2.24) is 0 Å². The summed E-state index contributed by atoms with van der Waals surface area (Å²) in [7, 11) is 1.41. The zero-order valence-corrected chi connectivity index (χ0v) is 10.9. The monoisotopic (exact) mass is 284 g/mol. The highest BCUT2D eigenvalue weighted by Gasteiger charge is 2.12. The van der Waals surface area contributed by atoms with Gasteiger partial charge >= 0.3 is 0 Å². The number of nitrogens with one attached hydrogen (secondary N) is 1. The largest absolute Gasteiger partial charge is 0.495 e. The van der Waals surface area contributed by atoms with Crippen LogP contribution in [0.15, 0.2) is 18.2 Å². The zero-order chi connectivity index (χ0) is 15.0. The molecule has 1 aromatic carbocycles. The second-order valence-electron chi connectivity index (χ2n) is 3.76. The van der Waals surface area contributed by atoms with Crippen molar-refractivity contribution in [1.29, 1.82) is 5.26 Å². The van der Waals surface area contributed by atoms with Gasteiger partial charge in [0.1, 0.15) is 24.1 Å². The van der Waals surface area contributed by atoms with Gasteiger partial charge in [0.15, 0.2) is 0 Å². The molecule has 0 unspecified atom stereocenters. The third kappa shape index (κ3) is 4.82. The molecule has 0 fully saturated rings. The van der Waals surface area contributed by atoms with Gasteiger partial charge in [-0.3, -0.25) is 4.79 Å². The Kier molecular flexibility index (Phi) is 6.40. The highest BCUT2D eigenvalue weighted by atomic mass is 19.3. The molecule has 1 rings (SSSR count). The fourth-order valence-corrected chi connectivity index (χ4v) is 1.46. The minimum absolute atomic E-state index is 0.0877. The van der Waals surface area contributed by atoms with Gasteiger partial charge in [-0.15, -0.1) is 0 Å². The minimum atomic E-state index is -2.56. The molecule has 108 valence electrons. The van der Waals surface area contributed by atoms with E-state index in [2.05, 4.69) is 10.1 Å². The molecule has 0 aliphatic rings. The average Bonchev–Trinajstić information content (AvgIpc) is 2.43. The molecule has 0 spiro atoms. The Morgan fingerprint density at radius 3 is 2.85 bits per heavy atom. The van der Waals surface area contributed by atoms with Crippen LogP contribution in [-0.2, 0) is 9.53 Å². The maximum Gasteiger partial charge on any atom is 0.261 e. The summed E-state index contributed by atoms with van der Waals surface area (Å²) in [6.07, 6.45) is -2.65. The first-order chi connectivity index (χ1) is 9.58. The molecule has 1 N–H and O–H groups in total. The summed E-state index contributed by atoms with van der Waals surface area (Å²) in [4.78, 5) is 11.6. The molecular formula is C13H14F2N2O3. The van der Waals surface area contributed by atoms with Crippen molar-refractivity contribution in [2.45, 2.75) is 12.8 Å². The van der Waals surface area contributed by atoms with Gasteiger partial charge in [0.2, 0.25) is 5.91 Å². The Morgan fingerprint density at radius 2 is 2.25 bits per heavy atom.